The van der Waals surface area contributed by atoms with Crippen LogP contribution in [0.15, 0.2) is 42.6 Å². The van der Waals surface area contributed by atoms with Gasteiger partial charge in [0.15, 0.2) is 0 Å². The molecule has 0 amide bonds. The predicted octanol–water partition coefficient (Wildman–Crippen LogP) is 3.79. The fourth-order valence-corrected chi connectivity index (χ4v) is 1.50. The summed E-state index contributed by atoms with van der Waals surface area (Å²) >= 11 is 5.86. The molecule has 0 aliphatic heterocycles. The lowest BCUT2D eigenvalue weighted by molar-refractivity contribution is 1.30. The van der Waals surface area contributed by atoms with Gasteiger partial charge in [-0.05, 0) is 36.8 Å². The van der Waals surface area contributed by atoms with Gasteiger partial charge in [-0.2, -0.15) is 0 Å². The number of nitrogens with one attached hydrogen (secondary N) is 1. The highest BCUT2D eigenvalue weighted by atomic mass is 35.5. The Hall–Kier alpha value is -1.54. The summed E-state index contributed by atoms with van der Waals surface area (Å²) in [5, 5.41) is 3.87. The van der Waals surface area contributed by atoms with E-state index in [1.165, 1.54) is 5.56 Å². The quantitative estimate of drug-likeness (QED) is 0.830. The molecule has 0 atom stereocenters. The van der Waals surface area contributed by atoms with E-state index in [1.54, 1.807) is 18.3 Å². The van der Waals surface area contributed by atoms with Gasteiger partial charge in [-0.3, -0.25) is 0 Å². The Balaban J connectivity index is 2.22. The fourth-order valence-electron chi connectivity index (χ4n) is 1.34. The van der Waals surface area contributed by atoms with Gasteiger partial charge in [-0.1, -0.05) is 23.7 Å². The lowest BCUT2D eigenvalue weighted by Crippen LogP contribution is -1.92. The van der Waals surface area contributed by atoms with Crippen molar-refractivity contribution in [3.8, 4) is 0 Å². The van der Waals surface area contributed by atoms with E-state index in [-0.39, 0.29) is 0 Å². The number of hydrogen-bond donors (Lipinski definition) is 1. The largest absolute Gasteiger partial charge is 0.340 e. The fraction of sp³-hybridized carbons (Fsp3) is 0.0833. The molecule has 0 saturated carbocycles. The van der Waals surface area contributed by atoms with Gasteiger partial charge in [0.2, 0.25) is 0 Å². The summed E-state index contributed by atoms with van der Waals surface area (Å²) in [6.07, 6.45) is 1.68. The molecule has 2 rings (SSSR count). The standard InChI is InChI=1S/C12H11ClN2/c1-9-3-2-4-11(7-9)15-12-8-10(13)5-6-14-12/h2-8H,1H3,(H,14,15). The van der Waals surface area contributed by atoms with Gasteiger partial charge in [0.1, 0.15) is 5.82 Å². The maximum Gasteiger partial charge on any atom is 0.131 e. The Morgan fingerprint density at radius 3 is 2.80 bits per heavy atom. The molecule has 76 valence electrons. The second-order valence-electron chi connectivity index (χ2n) is 3.35. The minimum absolute atomic E-state index is 0.681. The Morgan fingerprint density at radius 2 is 2.07 bits per heavy atom. The molecule has 15 heavy (non-hydrogen) atoms. The topological polar surface area (TPSA) is 24.9 Å². The highest BCUT2D eigenvalue weighted by Crippen LogP contribution is 2.18. The lowest BCUT2D eigenvalue weighted by Gasteiger charge is -2.05. The van der Waals surface area contributed by atoms with Crippen molar-refractivity contribution in [1.82, 2.24) is 4.98 Å². The summed E-state index contributed by atoms with van der Waals surface area (Å²) in [5.41, 5.74) is 2.23. The highest BCUT2D eigenvalue weighted by Gasteiger charge is 1.96. The van der Waals surface area contributed by atoms with Crippen LogP contribution >= 0.6 is 11.6 Å². The van der Waals surface area contributed by atoms with Crippen LogP contribution < -0.4 is 5.32 Å². The number of hydrogen-bond acceptors (Lipinski definition) is 2. The van der Waals surface area contributed by atoms with Crippen LogP contribution in [0.25, 0.3) is 0 Å². The van der Waals surface area contributed by atoms with Gasteiger partial charge < -0.3 is 5.32 Å². The first-order valence-electron chi connectivity index (χ1n) is 4.69. The van der Waals surface area contributed by atoms with E-state index in [9.17, 15) is 0 Å². The zero-order valence-electron chi connectivity index (χ0n) is 8.37. The van der Waals surface area contributed by atoms with E-state index in [0.717, 1.165) is 11.5 Å². The van der Waals surface area contributed by atoms with Crippen LogP contribution in [-0.2, 0) is 0 Å². The molecule has 0 saturated heterocycles. The van der Waals surface area contributed by atoms with Crippen molar-refractivity contribution in [2.75, 3.05) is 5.32 Å². The second-order valence-corrected chi connectivity index (χ2v) is 3.79. The van der Waals surface area contributed by atoms with Gasteiger partial charge in [0.05, 0.1) is 0 Å². The van der Waals surface area contributed by atoms with Crippen LogP contribution in [0.1, 0.15) is 5.56 Å². The number of nitrogens with zero attached hydrogens (tertiary/aromatic N) is 1. The third-order valence-electron chi connectivity index (χ3n) is 2.01. The molecule has 0 aliphatic rings. The second kappa shape index (κ2) is 4.32. The molecule has 0 fully saturated rings. The minimum Gasteiger partial charge on any atom is -0.340 e. The van der Waals surface area contributed by atoms with Crippen molar-refractivity contribution >= 4 is 23.1 Å². The molecule has 0 bridgehead atoms. The molecule has 0 aliphatic carbocycles. The van der Waals surface area contributed by atoms with Crippen LogP contribution in [0.2, 0.25) is 5.02 Å². The first-order valence-corrected chi connectivity index (χ1v) is 5.07. The SMILES string of the molecule is Cc1cccc(Nc2cc(Cl)ccn2)c1. The zero-order valence-corrected chi connectivity index (χ0v) is 9.12. The maximum absolute atomic E-state index is 5.86. The number of aryl methyl sites for hydroxylation is 1. The zero-order chi connectivity index (χ0) is 10.7. The Labute approximate surface area is 93.9 Å². The van der Waals surface area contributed by atoms with Crippen molar-refractivity contribution < 1.29 is 0 Å². The number of rotatable bonds is 2. The van der Waals surface area contributed by atoms with Crippen LogP contribution in [0.4, 0.5) is 11.5 Å². The predicted molar refractivity (Wildman–Crippen MR) is 63.7 cm³/mol. The molecular weight excluding hydrogens is 208 g/mol. The van der Waals surface area contributed by atoms with Crippen molar-refractivity contribution in [3.63, 3.8) is 0 Å². The normalized spacial score (nSPS) is 10.0. The van der Waals surface area contributed by atoms with Crippen molar-refractivity contribution in [1.29, 1.82) is 0 Å². The third-order valence-corrected chi connectivity index (χ3v) is 2.25. The average molecular weight is 219 g/mol. The minimum atomic E-state index is 0.681. The van der Waals surface area contributed by atoms with Gasteiger partial charge in [0.25, 0.3) is 0 Å². The number of aromatic nitrogens is 1. The number of pyridine rings is 1. The summed E-state index contributed by atoms with van der Waals surface area (Å²) in [4.78, 5) is 4.17. The monoisotopic (exact) mass is 218 g/mol. The van der Waals surface area contributed by atoms with E-state index in [0.29, 0.717) is 5.02 Å². The van der Waals surface area contributed by atoms with Gasteiger partial charge in [-0.15, -0.1) is 0 Å². The van der Waals surface area contributed by atoms with E-state index >= 15 is 0 Å². The van der Waals surface area contributed by atoms with E-state index in [2.05, 4.69) is 29.4 Å². The highest BCUT2D eigenvalue weighted by molar-refractivity contribution is 6.30. The molecule has 1 heterocycles. The molecule has 2 nitrogen and oxygen atoms in total. The van der Waals surface area contributed by atoms with Crippen molar-refractivity contribution in [3.05, 3.63) is 53.2 Å². The molecule has 0 radical (unpaired) electrons. The smallest absolute Gasteiger partial charge is 0.131 e. The Kier molecular flexibility index (Phi) is 2.88. The van der Waals surface area contributed by atoms with Crippen LogP contribution in [0, 0.1) is 6.92 Å². The van der Waals surface area contributed by atoms with E-state index in [1.807, 2.05) is 12.1 Å². The van der Waals surface area contributed by atoms with Gasteiger partial charge >= 0.3 is 0 Å². The average Bonchev–Trinajstić information content (AvgIpc) is 2.17. The molecule has 0 unspecified atom stereocenters. The Morgan fingerprint density at radius 1 is 1.20 bits per heavy atom. The summed E-state index contributed by atoms with van der Waals surface area (Å²) in [5.74, 6) is 0.758. The summed E-state index contributed by atoms with van der Waals surface area (Å²) in [6, 6.07) is 11.7. The van der Waals surface area contributed by atoms with Crippen molar-refractivity contribution in [2.45, 2.75) is 6.92 Å². The van der Waals surface area contributed by atoms with E-state index < -0.39 is 0 Å². The molecule has 2 aromatic rings. The van der Waals surface area contributed by atoms with E-state index in [4.69, 9.17) is 11.6 Å². The summed E-state index contributed by atoms with van der Waals surface area (Å²) in [6.45, 7) is 2.05. The van der Waals surface area contributed by atoms with Crippen LogP contribution in [0.5, 0.6) is 0 Å². The third kappa shape index (κ3) is 2.70. The van der Waals surface area contributed by atoms with Gasteiger partial charge in [0, 0.05) is 16.9 Å². The summed E-state index contributed by atoms with van der Waals surface area (Å²) in [7, 11) is 0. The van der Waals surface area contributed by atoms with Crippen molar-refractivity contribution in [2.24, 2.45) is 0 Å². The summed E-state index contributed by atoms with van der Waals surface area (Å²) < 4.78 is 0. The molecule has 1 N–H and O–H groups in total. The lowest BCUT2D eigenvalue weighted by atomic mass is 10.2. The van der Waals surface area contributed by atoms with Crippen LogP contribution in [0.3, 0.4) is 0 Å². The first kappa shape index (κ1) is 9.99. The number of halogens is 1. The number of anilines is 2. The van der Waals surface area contributed by atoms with Gasteiger partial charge in [-0.25, -0.2) is 4.98 Å². The maximum atomic E-state index is 5.86. The molecule has 3 heteroatoms. The first-order chi connectivity index (χ1) is 7.24. The van der Waals surface area contributed by atoms with Crippen LogP contribution in [-0.4, -0.2) is 4.98 Å². The molecule has 0 spiro atoms. The molecule has 1 aromatic heterocycles. The Bertz CT molecular complexity index is 425. The molecular formula is C12H11ClN2. The number of benzene rings is 1. The molecule has 1 aromatic carbocycles.